The Kier molecular flexibility index (Phi) is 4.76. The van der Waals surface area contributed by atoms with Crippen molar-refractivity contribution in [2.75, 3.05) is 13.2 Å². The number of benzene rings is 1. The van der Waals surface area contributed by atoms with Crippen LogP contribution in [0.1, 0.15) is 18.0 Å². The lowest BCUT2D eigenvalue weighted by Crippen LogP contribution is -2.14. The SMILES string of the molecule is NC(CCOCC(F)F)c1ccc2ncccc2c1. The van der Waals surface area contributed by atoms with E-state index in [4.69, 9.17) is 10.5 Å². The van der Waals surface area contributed by atoms with Crippen LogP contribution >= 0.6 is 0 Å². The molecule has 0 amide bonds. The predicted octanol–water partition coefficient (Wildman–Crippen LogP) is 2.91. The molecule has 19 heavy (non-hydrogen) atoms. The van der Waals surface area contributed by atoms with Crippen molar-refractivity contribution >= 4 is 10.9 Å². The van der Waals surface area contributed by atoms with Crippen molar-refractivity contribution < 1.29 is 13.5 Å². The summed E-state index contributed by atoms with van der Waals surface area (Å²) >= 11 is 0. The molecule has 0 saturated heterocycles. The number of hydrogen-bond donors (Lipinski definition) is 1. The maximum absolute atomic E-state index is 11.9. The number of halogens is 2. The topological polar surface area (TPSA) is 48.1 Å². The Morgan fingerprint density at radius 1 is 1.26 bits per heavy atom. The molecule has 1 heterocycles. The van der Waals surface area contributed by atoms with E-state index in [0.717, 1.165) is 16.5 Å². The number of fused-ring (bicyclic) bond motifs is 1. The van der Waals surface area contributed by atoms with Crippen molar-refractivity contribution in [2.24, 2.45) is 5.73 Å². The molecule has 5 heteroatoms. The molecule has 1 unspecified atom stereocenters. The minimum atomic E-state index is -2.43. The van der Waals surface area contributed by atoms with Crippen molar-refractivity contribution in [3.63, 3.8) is 0 Å². The Bertz CT molecular complexity index is 534. The summed E-state index contributed by atoms with van der Waals surface area (Å²) in [5, 5.41) is 1.02. The first-order chi connectivity index (χ1) is 9.16. The van der Waals surface area contributed by atoms with Crippen LogP contribution in [0.15, 0.2) is 36.5 Å². The monoisotopic (exact) mass is 266 g/mol. The van der Waals surface area contributed by atoms with Gasteiger partial charge in [0.1, 0.15) is 6.61 Å². The molecule has 0 aliphatic rings. The zero-order valence-corrected chi connectivity index (χ0v) is 10.4. The maximum atomic E-state index is 11.9. The molecule has 2 aromatic rings. The molecule has 102 valence electrons. The van der Waals surface area contributed by atoms with Gasteiger partial charge >= 0.3 is 0 Å². The van der Waals surface area contributed by atoms with E-state index in [1.807, 2.05) is 30.3 Å². The number of aromatic nitrogens is 1. The minimum absolute atomic E-state index is 0.220. The molecular weight excluding hydrogens is 250 g/mol. The second kappa shape index (κ2) is 6.54. The molecule has 2 N–H and O–H groups in total. The van der Waals surface area contributed by atoms with E-state index < -0.39 is 13.0 Å². The number of pyridine rings is 1. The third kappa shape index (κ3) is 3.94. The van der Waals surface area contributed by atoms with Gasteiger partial charge in [0, 0.05) is 24.2 Å². The molecule has 0 aliphatic heterocycles. The van der Waals surface area contributed by atoms with Crippen LogP contribution in [0.4, 0.5) is 8.78 Å². The number of hydrogen-bond acceptors (Lipinski definition) is 3. The van der Waals surface area contributed by atoms with Crippen molar-refractivity contribution in [3.05, 3.63) is 42.1 Å². The van der Waals surface area contributed by atoms with Gasteiger partial charge in [-0.3, -0.25) is 4.98 Å². The standard InChI is InChI=1S/C14H16F2N2O/c15-14(16)9-19-7-5-12(17)10-3-4-13-11(8-10)2-1-6-18-13/h1-4,6,8,12,14H,5,7,9,17H2. The molecule has 0 bridgehead atoms. The largest absolute Gasteiger partial charge is 0.375 e. The van der Waals surface area contributed by atoms with E-state index in [9.17, 15) is 8.78 Å². The number of alkyl halides is 2. The zero-order chi connectivity index (χ0) is 13.7. The minimum Gasteiger partial charge on any atom is -0.375 e. The van der Waals surface area contributed by atoms with E-state index in [1.54, 1.807) is 6.20 Å². The number of nitrogens with zero attached hydrogens (tertiary/aromatic N) is 1. The first-order valence-electron chi connectivity index (χ1n) is 6.13. The summed E-state index contributed by atoms with van der Waals surface area (Å²) in [6.07, 6.45) is -0.179. The molecule has 0 fully saturated rings. The van der Waals surface area contributed by atoms with E-state index in [0.29, 0.717) is 6.42 Å². The van der Waals surface area contributed by atoms with Crippen LogP contribution in [0, 0.1) is 0 Å². The van der Waals surface area contributed by atoms with Gasteiger partial charge in [0.05, 0.1) is 5.52 Å². The fourth-order valence-corrected chi connectivity index (χ4v) is 1.87. The Hall–Kier alpha value is -1.59. The Balaban J connectivity index is 1.95. The highest BCUT2D eigenvalue weighted by atomic mass is 19.3. The average Bonchev–Trinajstić information content (AvgIpc) is 2.42. The van der Waals surface area contributed by atoms with E-state index in [-0.39, 0.29) is 12.6 Å². The quantitative estimate of drug-likeness (QED) is 0.818. The summed E-state index contributed by atoms with van der Waals surface area (Å²) in [5.41, 5.74) is 7.88. The summed E-state index contributed by atoms with van der Waals surface area (Å²) < 4.78 is 28.6. The van der Waals surface area contributed by atoms with Gasteiger partial charge in [-0.15, -0.1) is 0 Å². The van der Waals surface area contributed by atoms with Crippen LogP contribution in [0.3, 0.4) is 0 Å². The molecule has 2 rings (SSSR count). The van der Waals surface area contributed by atoms with Gasteiger partial charge in [0.25, 0.3) is 6.43 Å². The van der Waals surface area contributed by atoms with Gasteiger partial charge in [0.2, 0.25) is 0 Å². The average molecular weight is 266 g/mol. The summed E-state index contributed by atoms with van der Waals surface area (Å²) in [4.78, 5) is 4.23. The van der Waals surface area contributed by atoms with Gasteiger partial charge in [-0.2, -0.15) is 0 Å². The molecule has 0 aliphatic carbocycles. The molecule has 0 saturated carbocycles. The predicted molar refractivity (Wildman–Crippen MR) is 70.1 cm³/mol. The fraction of sp³-hybridized carbons (Fsp3) is 0.357. The maximum Gasteiger partial charge on any atom is 0.261 e. The van der Waals surface area contributed by atoms with Crippen molar-refractivity contribution in [1.29, 1.82) is 0 Å². The summed E-state index contributed by atoms with van der Waals surface area (Å²) in [6, 6.07) is 9.40. The molecule has 1 atom stereocenters. The molecule has 0 radical (unpaired) electrons. The van der Waals surface area contributed by atoms with Crippen LogP contribution in [0.5, 0.6) is 0 Å². The highest BCUT2D eigenvalue weighted by molar-refractivity contribution is 5.79. The van der Waals surface area contributed by atoms with Crippen molar-refractivity contribution in [2.45, 2.75) is 18.9 Å². The number of nitrogens with two attached hydrogens (primary N) is 1. The Morgan fingerprint density at radius 2 is 2.11 bits per heavy atom. The zero-order valence-electron chi connectivity index (χ0n) is 10.4. The second-order valence-corrected chi connectivity index (χ2v) is 4.32. The summed E-state index contributed by atoms with van der Waals surface area (Å²) in [6.45, 7) is -0.301. The van der Waals surface area contributed by atoms with Gasteiger partial charge < -0.3 is 10.5 Å². The lowest BCUT2D eigenvalue weighted by atomic mass is 10.0. The van der Waals surface area contributed by atoms with Gasteiger partial charge in [-0.05, 0) is 30.2 Å². The number of rotatable bonds is 6. The van der Waals surface area contributed by atoms with Crippen LogP contribution in [-0.4, -0.2) is 24.6 Å². The van der Waals surface area contributed by atoms with E-state index in [2.05, 4.69) is 4.98 Å². The van der Waals surface area contributed by atoms with Gasteiger partial charge in [-0.25, -0.2) is 8.78 Å². The third-order valence-electron chi connectivity index (χ3n) is 2.87. The molecular formula is C14H16F2N2O. The molecule has 0 spiro atoms. The van der Waals surface area contributed by atoms with Crippen LogP contribution < -0.4 is 5.73 Å². The second-order valence-electron chi connectivity index (χ2n) is 4.32. The first-order valence-corrected chi connectivity index (χ1v) is 6.13. The van der Waals surface area contributed by atoms with E-state index >= 15 is 0 Å². The molecule has 1 aromatic carbocycles. The number of ether oxygens (including phenoxy) is 1. The van der Waals surface area contributed by atoms with Gasteiger partial charge in [0.15, 0.2) is 0 Å². The fourth-order valence-electron chi connectivity index (χ4n) is 1.87. The summed E-state index contributed by atoms with van der Waals surface area (Å²) in [5.74, 6) is 0. The van der Waals surface area contributed by atoms with E-state index in [1.165, 1.54) is 0 Å². The Labute approximate surface area is 110 Å². The normalized spacial score (nSPS) is 13.1. The van der Waals surface area contributed by atoms with Crippen LogP contribution in [0.2, 0.25) is 0 Å². The van der Waals surface area contributed by atoms with Crippen LogP contribution in [-0.2, 0) is 4.74 Å². The highest BCUT2D eigenvalue weighted by Gasteiger charge is 2.08. The van der Waals surface area contributed by atoms with Gasteiger partial charge in [-0.1, -0.05) is 12.1 Å². The lowest BCUT2D eigenvalue weighted by molar-refractivity contribution is 0.0152. The third-order valence-corrected chi connectivity index (χ3v) is 2.87. The van der Waals surface area contributed by atoms with Crippen molar-refractivity contribution in [3.8, 4) is 0 Å². The summed E-state index contributed by atoms with van der Waals surface area (Å²) in [7, 11) is 0. The van der Waals surface area contributed by atoms with Crippen molar-refractivity contribution in [1.82, 2.24) is 4.98 Å². The highest BCUT2D eigenvalue weighted by Crippen LogP contribution is 2.19. The Morgan fingerprint density at radius 3 is 2.89 bits per heavy atom. The molecule has 3 nitrogen and oxygen atoms in total. The first kappa shape index (κ1) is 13.8. The lowest BCUT2D eigenvalue weighted by Gasteiger charge is -2.13. The smallest absolute Gasteiger partial charge is 0.261 e. The van der Waals surface area contributed by atoms with Crippen LogP contribution in [0.25, 0.3) is 10.9 Å². The molecule has 1 aromatic heterocycles.